The molecule has 0 aliphatic carbocycles. The third-order valence-electron chi connectivity index (χ3n) is 3.52. The van der Waals surface area contributed by atoms with Crippen LogP contribution in [0.2, 0.25) is 0 Å². The lowest BCUT2D eigenvalue weighted by Crippen LogP contribution is -2.37. The average molecular weight is 357 g/mol. The first kappa shape index (κ1) is 20.2. The maximum absolute atomic E-state index is 11.5. The molecule has 1 atom stereocenters. The van der Waals surface area contributed by atoms with Gasteiger partial charge in [-0.1, -0.05) is 6.08 Å². The van der Waals surface area contributed by atoms with Crippen LogP contribution in [-0.2, 0) is 17.9 Å². The second-order valence-corrected chi connectivity index (χ2v) is 8.66. The van der Waals surface area contributed by atoms with E-state index in [1.54, 1.807) is 42.1 Å². The summed E-state index contributed by atoms with van der Waals surface area (Å²) >= 11 is 3.38. The fourth-order valence-electron chi connectivity index (χ4n) is 2.27. The highest BCUT2D eigenvalue weighted by molar-refractivity contribution is 8.02. The number of carbonyl (C=O) groups excluding carboxylic acids is 1. The predicted octanol–water partition coefficient (Wildman–Crippen LogP) is 2.95. The van der Waals surface area contributed by atoms with Gasteiger partial charge in [-0.15, -0.1) is 23.1 Å². The molecule has 1 N–H and O–H groups in total. The molecule has 1 unspecified atom stereocenters. The van der Waals surface area contributed by atoms with E-state index < -0.39 is 0 Å². The van der Waals surface area contributed by atoms with Gasteiger partial charge in [-0.3, -0.25) is 4.79 Å². The van der Waals surface area contributed by atoms with Crippen LogP contribution in [0.15, 0.2) is 17.6 Å². The monoisotopic (exact) mass is 356 g/mol. The van der Waals surface area contributed by atoms with Gasteiger partial charge < -0.3 is 14.9 Å². The highest BCUT2D eigenvalue weighted by Gasteiger charge is 2.34. The van der Waals surface area contributed by atoms with Crippen LogP contribution < -0.4 is 0 Å². The Balaban J connectivity index is 0.000000231. The minimum Gasteiger partial charge on any atom is -0.391 e. The van der Waals surface area contributed by atoms with Gasteiger partial charge in [-0.05, 0) is 45.0 Å². The Hall–Kier alpha value is -0.820. The summed E-state index contributed by atoms with van der Waals surface area (Å²) in [4.78, 5) is 17.7. The molecule has 0 spiro atoms. The fraction of sp³-hybridized carbons (Fsp3) is 0.588. The van der Waals surface area contributed by atoms with E-state index in [9.17, 15) is 4.79 Å². The molecule has 0 bridgehead atoms. The first-order valence-corrected chi connectivity index (χ1v) is 9.41. The molecule has 0 fully saturated rings. The van der Waals surface area contributed by atoms with E-state index in [0.717, 1.165) is 17.2 Å². The van der Waals surface area contributed by atoms with Crippen molar-refractivity contribution in [1.29, 1.82) is 0 Å². The standard InChI is InChI=1S/C9H15NOS.C8H13NOS/c1-7-8(5-10(2)3)4-9(6-11)12-7;1-8(4-5-11-6-8)7(10)9(2)3/h4,11H,5-6H2,1-3H3;4-5H,6H2,1-3H3. The van der Waals surface area contributed by atoms with Crippen molar-refractivity contribution in [3.8, 4) is 0 Å². The molecule has 1 amide bonds. The Labute approximate surface area is 148 Å². The van der Waals surface area contributed by atoms with E-state index in [0.29, 0.717) is 0 Å². The van der Waals surface area contributed by atoms with Gasteiger partial charge >= 0.3 is 0 Å². The van der Waals surface area contributed by atoms with Gasteiger partial charge in [0.15, 0.2) is 0 Å². The second kappa shape index (κ2) is 8.87. The van der Waals surface area contributed by atoms with E-state index in [4.69, 9.17) is 5.11 Å². The zero-order valence-electron chi connectivity index (χ0n) is 14.9. The van der Waals surface area contributed by atoms with Crippen molar-refractivity contribution in [3.05, 3.63) is 32.9 Å². The molecule has 0 aromatic carbocycles. The Morgan fingerprint density at radius 1 is 1.35 bits per heavy atom. The molecule has 130 valence electrons. The number of thioether (sulfide) groups is 1. The number of aliphatic hydroxyl groups excluding tert-OH is 1. The van der Waals surface area contributed by atoms with Crippen molar-refractivity contribution >= 4 is 29.0 Å². The van der Waals surface area contributed by atoms with Crippen LogP contribution in [-0.4, -0.2) is 54.8 Å². The third kappa shape index (κ3) is 5.95. The van der Waals surface area contributed by atoms with Gasteiger partial charge in [0.1, 0.15) is 0 Å². The molecule has 1 aromatic heterocycles. The molecule has 0 saturated carbocycles. The first-order valence-electron chi connectivity index (χ1n) is 7.54. The van der Waals surface area contributed by atoms with Crippen molar-refractivity contribution in [3.63, 3.8) is 0 Å². The molecule has 1 aromatic rings. The number of amides is 1. The van der Waals surface area contributed by atoms with Crippen molar-refractivity contribution in [1.82, 2.24) is 9.80 Å². The van der Waals surface area contributed by atoms with Crippen molar-refractivity contribution in [2.24, 2.45) is 5.41 Å². The molecule has 2 rings (SSSR count). The summed E-state index contributed by atoms with van der Waals surface area (Å²) in [5, 5.41) is 10.9. The lowest BCUT2D eigenvalue weighted by Gasteiger charge is -2.23. The zero-order valence-corrected chi connectivity index (χ0v) is 16.6. The quantitative estimate of drug-likeness (QED) is 0.901. The van der Waals surface area contributed by atoms with Crippen LogP contribution in [0, 0.1) is 12.3 Å². The van der Waals surface area contributed by atoms with Gasteiger partial charge in [-0.2, -0.15) is 0 Å². The van der Waals surface area contributed by atoms with E-state index in [1.807, 2.05) is 18.4 Å². The van der Waals surface area contributed by atoms with Crippen molar-refractivity contribution in [2.45, 2.75) is 27.0 Å². The molecule has 23 heavy (non-hydrogen) atoms. The highest BCUT2D eigenvalue weighted by atomic mass is 32.2. The smallest absolute Gasteiger partial charge is 0.232 e. The zero-order chi connectivity index (χ0) is 17.6. The van der Waals surface area contributed by atoms with E-state index in [-0.39, 0.29) is 17.9 Å². The van der Waals surface area contributed by atoms with E-state index >= 15 is 0 Å². The number of thiophene rings is 1. The van der Waals surface area contributed by atoms with Gasteiger partial charge in [-0.25, -0.2) is 0 Å². The molecular weight excluding hydrogens is 328 g/mol. The average Bonchev–Trinajstić information content (AvgIpc) is 3.06. The summed E-state index contributed by atoms with van der Waals surface area (Å²) in [6, 6.07) is 2.08. The normalized spacial score (nSPS) is 19.7. The molecule has 0 radical (unpaired) electrons. The summed E-state index contributed by atoms with van der Waals surface area (Å²) in [6.45, 7) is 5.20. The molecule has 1 aliphatic rings. The summed E-state index contributed by atoms with van der Waals surface area (Å²) in [7, 11) is 7.69. The minimum atomic E-state index is -0.256. The fourth-order valence-corrected chi connectivity index (χ4v) is 4.25. The van der Waals surface area contributed by atoms with Crippen LogP contribution in [0.25, 0.3) is 0 Å². The Morgan fingerprint density at radius 3 is 2.39 bits per heavy atom. The largest absolute Gasteiger partial charge is 0.391 e. The third-order valence-corrected chi connectivity index (χ3v) is 5.70. The van der Waals surface area contributed by atoms with Crippen LogP contribution in [0.1, 0.15) is 22.2 Å². The van der Waals surface area contributed by atoms with Crippen LogP contribution in [0.5, 0.6) is 0 Å². The lowest BCUT2D eigenvalue weighted by atomic mass is 9.92. The molecule has 4 nitrogen and oxygen atoms in total. The molecule has 2 heterocycles. The van der Waals surface area contributed by atoms with E-state index in [2.05, 4.69) is 32.0 Å². The number of rotatable bonds is 4. The SMILES string of the molecule is CN(C)C(=O)C1(C)C=CSC1.Cc1sc(CO)cc1CN(C)C. The summed E-state index contributed by atoms with van der Waals surface area (Å²) in [6.07, 6.45) is 1.99. The summed E-state index contributed by atoms with van der Waals surface area (Å²) in [5.74, 6) is 1.07. The Morgan fingerprint density at radius 2 is 2.00 bits per heavy atom. The second-order valence-electron chi connectivity index (χ2n) is 6.42. The van der Waals surface area contributed by atoms with Gasteiger partial charge in [0.25, 0.3) is 0 Å². The number of aliphatic hydroxyl groups is 1. The van der Waals surface area contributed by atoms with Crippen molar-refractivity contribution < 1.29 is 9.90 Å². The molecule has 6 heteroatoms. The van der Waals surface area contributed by atoms with Crippen LogP contribution in [0.3, 0.4) is 0 Å². The summed E-state index contributed by atoms with van der Waals surface area (Å²) < 4.78 is 0. The maximum Gasteiger partial charge on any atom is 0.232 e. The number of hydrogen-bond donors (Lipinski definition) is 1. The highest BCUT2D eigenvalue weighted by Crippen LogP contribution is 2.33. The Bertz CT molecular complexity index is 553. The first-order chi connectivity index (χ1) is 10.7. The summed E-state index contributed by atoms with van der Waals surface area (Å²) in [5.41, 5.74) is 1.07. The van der Waals surface area contributed by atoms with Gasteiger partial charge in [0.05, 0.1) is 12.0 Å². The predicted molar refractivity (Wildman–Crippen MR) is 101 cm³/mol. The minimum absolute atomic E-state index is 0.166. The van der Waals surface area contributed by atoms with E-state index in [1.165, 1.54) is 10.4 Å². The molecule has 1 aliphatic heterocycles. The topological polar surface area (TPSA) is 43.8 Å². The van der Waals surface area contributed by atoms with Crippen LogP contribution in [0.4, 0.5) is 0 Å². The Kier molecular flexibility index (Phi) is 7.80. The van der Waals surface area contributed by atoms with Gasteiger partial charge in [0, 0.05) is 36.1 Å². The van der Waals surface area contributed by atoms with Gasteiger partial charge in [0.2, 0.25) is 5.91 Å². The number of aryl methyl sites for hydroxylation is 1. The van der Waals surface area contributed by atoms with Crippen LogP contribution >= 0.6 is 23.1 Å². The molecular formula is C17H28N2O2S2. The lowest BCUT2D eigenvalue weighted by molar-refractivity contribution is -0.134. The molecule has 0 saturated heterocycles. The number of nitrogens with zero attached hydrogens (tertiary/aromatic N) is 2. The number of carbonyl (C=O) groups is 1. The number of hydrogen-bond acceptors (Lipinski definition) is 5. The van der Waals surface area contributed by atoms with Crippen molar-refractivity contribution in [2.75, 3.05) is 33.9 Å². The maximum atomic E-state index is 11.5.